The van der Waals surface area contributed by atoms with Crippen molar-refractivity contribution in [3.05, 3.63) is 140 Å². The summed E-state index contributed by atoms with van der Waals surface area (Å²) in [5, 5.41) is 6.70. The van der Waals surface area contributed by atoms with Gasteiger partial charge in [0.2, 0.25) is 0 Å². The van der Waals surface area contributed by atoms with E-state index in [9.17, 15) is 0 Å². The summed E-state index contributed by atoms with van der Waals surface area (Å²) in [7, 11) is 0. The van der Waals surface area contributed by atoms with Gasteiger partial charge in [-0.05, 0) is 58.7 Å². The first-order valence-corrected chi connectivity index (χ1v) is 15.5. The lowest BCUT2D eigenvalue weighted by Gasteiger charge is -2.11. The van der Waals surface area contributed by atoms with Crippen molar-refractivity contribution in [2.45, 2.75) is 0 Å². The molecule has 0 unspecified atom stereocenters. The predicted molar refractivity (Wildman–Crippen MR) is 180 cm³/mol. The van der Waals surface area contributed by atoms with Gasteiger partial charge in [-0.3, -0.25) is 0 Å². The molecule has 0 saturated heterocycles. The normalized spacial score (nSPS) is 11.9. The number of hydrogen-bond acceptors (Lipinski definition) is 2. The third kappa shape index (κ3) is 3.46. The van der Waals surface area contributed by atoms with Crippen LogP contribution in [0.1, 0.15) is 0 Å². The molecule has 41 heavy (non-hydrogen) atoms. The molecule has 0 aliphatic heterocycles. The Morgan fingerprint density at radius 2 is 1.05 bits per heavy atom. The topological polar surface area (TPSA) is 4.93 Å². The van der Waals surface area contributed by atoms with Crippen molar-refractivity contribution >= 4 is 74.1 Å². The number of thiophene rings is 2. The van der Waals surface area contributed by atoms with Gasteiger partial charge in [0.25, 0.3) is 0 Å². The van der Waals surface area contributed by atoms with Gasteiger partial charge in [-0.2, -0.15) is 0 Å². The number of benzene rings is 6. The Labute approximate surface area is 245 Å². The van der Waals surface area contributed by atoms with Crippen molar-refractivity contribution in [1.29, 1.82) is 0 Å². The average Bonchev–Trinajstić information content (AvgIpc) is 3.69. The van der Waals surface area contributed by atoms with Crippen molar-refractivity contribution in [1.82, 2.24) is 4.57 Å². The van der Waals surface area contributed by atoms with Gasteiger partial charge in [0.15, 0.2) is 0 Å². The molecule has 0 bridgehead atoms. The summed E-state index contributed by atoms with van der Waals surface area (Å²) in [5.41, 5.74) is 8.65. The monoisotopic (exact) mass is 557 g/mol. The Bertz CT molecular complexity index is 2380. The van der Waals surface area contributed by atoms with E-state index in [1.54, 1.807) is 0 Å². The summed E-state index contributed by atoms with van der Waals surface area (Å²) >= 11 is 3.84. The van der Waals surface area contributed by atoms with Gasteiger partial charge in [0, 0.05) is 42.0 Å². The molecule has 0 saturated carbocycles. The fourth-order valence-electron chi connectivity index (χ4n) is 6.41. The Kier molecular flexibility index (Phi) is 5.00. The lowest BCUT2D eigenvalue weighted by atomic mass is 9.97. The Morgan fingerprint density at radius 3 is 1.85 bits per heavy atom. The van der Waals surface area contributed by atoms with E-state index < -0.39 is 0 Å². The minimum atomic E-state index is 1.18. The number of para-hydroxylation sites is 2. The van der Waals surface area contributed by atoms with Crippen LogP contribution in [0, 0.1) is 0 Å². The SMILES string of the molecule is c1cc(-c2cccc(-n3c4ccccc4c4ccccc43)c2)cc(-c2cccc3c2sc2sc4ccccc4c23)c1. The summed E-state index contributed by atoms with van der Waals surface area (Å²) in [6.07, 6.45) is 0. The van der Waals surface area contributed by atoms with Gasteiger partial charge in [0.05, 0.1) is 15.0 Å². The van der Waals surface area contributed by atoms with E-state index in [4.69, 9.17) is 0 Å². The first-order valence-electron chi connectivity index (χ1n) is 13.9. The molecule has 0 fully saturated rings. The zero-order chi connectivity index (χ0) is 26.9. The highest BCUT2D eigenvalue weighted by Gasteiger charge is 2.16. The first kappa shape index (κ1) is 23.0. The molecule has 3 heteroatoms. The van der Waals surface area contributed by atoms with E-state index >= 15 is 0 Å². The van der Waals surface area contributed by atoms with E-state index in [1.807, 2.05) is 22.7 Å². The molecule has 192 valence electrons. The largest absolute Gasteiger partial charge is 0.309 e. The van der Waals surface area contributed by atoms with Crippen molar-refractivity contribution in [2.24, 2.45) is 0 Å². The van der Waals surface area contributed by atoms with E-state index in [1.165, 1.54) is 79.3 Å². The molecule has 0 atom stereocenters. The lowest BCUT2D eigenvalue weighted by Crippen LogP contribution is -1.94. The van der Waals surface area contributed by atoms with Crippen LogP contribution < -0.4 is 0 Å². The summed E-state index contributed by atoms with van der Waals surface area (Å²) in [6, 6.07) is 50.9. The van der Waals surface area contributed by atoms with Crippen molar-refractivity contribution < 1.29 is 0 Å². The number of fused-ring (bicyclic) bond motifs is 8. The second-order valence-corrected chi connectivity index (χ2v) is 12.9. The highest BCUT2D eigenvalue weighted by Crippen LogP contribution is 2.47. The standard InChI is InChI=1S/C38H23NS2/c1-4-19-33-29(14-1)30-15-2-5-20-34(30)39(33)27-13-8-11-25(23-27)24-10-7-12-26(22-24)28-17-9-18-32-36-31-16-3-6-21-35(31)40-38(36)41-37(28)32/h1-23H. The van der Waals surface area contributed by atoms with Crippen LogP contribution in [-0.2, 0) is 0 Å². The molecule has 6 aromatic carbocycles. The molecule has 0 aliphatic rings. The third-order valence-electron chi connectivity index (χ3n) is 8.23. The predicted octanol–water partition coefficient (Wildman–Crippen LogP) is 11.7. The zero-order valence-electron chi connectivity index (χ0n) is 22.0. The highest BCUT2D eigenvalue weighted by atomic mass is 32.2. The molecule has 0 amide bonds. The minimum absolute atomic E-state index is 1.18. The molecular weight excluding hydrogens is 535 g/mol. The Hall–Kier alpha value is -4.70. The minimum Gasteiger partial charge on any atom is -0.309 e. The molecule has 0 radical (unpaired) electrons. The maximum Gasteiger partial charge on any atom is 0.0890 e. The van der Waals surface area contributed by atoms with Crippen LogP contribution in [0.3, 0.4) is 0 Å². The summed E-state index contributed by atoms with van der Waals surface area (Å²) in [6.45, 7) is 0. The van der Waals surface area contributed by atoms with Crippen LogP contribution in [-0.4, -0.2) is 4.57 Å². The van der Waals surface area contributed by atoms with E-state index in [-0.39, 0.29) is 0 Å². The van der Waals surface area contributed by atoms with Gasteiger partial charge >= 0.3 is 0 Å². The van der Waals surface area contributed by atoms with E-state index in [0.29, 0.717) is 0 Å². The highest BCUT2D eigenvalue weighted by molar-refractivity contribution is 7.44. The molecule has 0 spiro atoms. The molecule has 3 heterocycles. The van der Waals surface area contributed by atoms with Gasteiger partial charge in [-0.25, -0.2) is 0 Å². The van der Waals surface area contributed by atoms with Gasteiger partial charge in [-0.15, -0.1) is 22.7 Å². The van der Waals surface area contributed by atoms with Gasteiger partial charge < -0.3 is 4.57 Å². The molecule has 9 rings (SSSR count). The summed E-state index contributed by atoms with van der Waals surface area (Å²) in [5.74, 6) is 0. The van der Waals surface area contributed by atoms with Crippen LogP contribution in [0.4, 0.5) is 0 Å². The van der Waals surface area contributed by atoms with Crippen molar-refractivity contribution in [2.75, 3.05) is 0 Å². The molecule has 0 aliphatic carbocycles. The number of rotatable bonds is 3. The summed E-state index contributed by atoms with van der Waals surface area (Å²) in [4.78, 5) is 0. The lowest BCUT2D eigenvalue weighted by molar-refractivity contribution is 1.18. The fourth-order valence-corrected chi connectivity index (χ4v) is 9.12. The van der Waals surface area contributed by atoms with Gasteiger partial charge in [0.1, 0.15) is 0 Å². The molecule has 1 nitrogen and oxygen atoms in total. The number of hydrogen-bond donors (Lipinski definition) is 0. The van der Waals surface area contributed by atoms with Crippen LogP contribution in [0.5, 0.6) is 0 Å². The Balaban J connectivity index is 1.19. The quantitative estimate of drug-likeness (QED) is 0.204. The second-order valence-electron chi connectivity index (χ2n) is 10.5. The van der Waals surface area contributed by atoms with Gasteiger partial charge in [-0.1, -0.05) is 103 Å². The van der Waals surface area contributed by atoms with Crippen LogP contribution in [0.25, 0.3) is 79.3 Å². The third-order valence-corrected chi connectivity index (χ3v) is 10.7. The maximum absolute atomic E-state index is 2.39. The van der Waals surface area contributed by atoms with Crippen molar-refractivity contribution in [3.63, 3.8) is 0 Å². The number of aromatic nitrogens is 1. The van der Waals surface area contributed by atoms with E-state index in [2.05, 4.69) is 144 Å². The Morgan fingerprint density at radius 1 is 0.439 bits per heavy atom. The second kappa shape index (κ2) is 8.90. The average molecular weight is 558 g/mol. The molecule has 0 N–H and O–H groups in total. The fraction of sp³-hybridized carbons (Fsp3) is 0. The van der Waals surface area contributed by atoms with Crippen LogP contribution in [0.2, 0.25) is 0 Å². The zero-order valence-corrected chi connectivity index (χ0v) is 23.7. The van der Waals surface area contributed by atoms with E-state index in [0.717, 1.165) is 0 Å². The first-order chi connectivity index (χ1) is 20.3. The maximum atomic E-state index is 2.39. The smallest absolute Gasteiger partial charge is 0.0890 e. The van der Waals surface area contributed by atoms with Crippen LogP contribution >= 0.6 is 22.7 Å². The van der Waals surface area contributed by atoms with Crippen molar-refractivity contribution in [3.8, 4) is 27.9 Å². The summed E-state index contributed by atoms with van der Waals surface area (Å²) < 4.78 is 6.53. The number of nitrogens with zero attached hydrogens (tertiary/aromatic N) is 1. The molecular formula is C38H23NS2. The molecule has 9 aromatic rings. The van der Waals surface area contributed by atoms with Crippen LogP contribution in [0.15, 0.2) is 140 Å². The molecule has 3 aromatic heterocycles.